The monoisotopic (exact) mass is 354 g/mol. The second-order valence-corrected chi connectivity index (χ2v) is 6.57. The Bertz CT molecular complexity index is 1080. The number of H-pyrrole nitrogens is 1. The maximum Gasteiger partial charge on any atom is 0.260 e. The number of nitrogens with one attached hydrogen (secondary N) is 1. The number of hydrogen-bond donors (Lipinski definition) is 1. The molecule has 0 saturated carbocycles. The molecular formula is C17H11ClN4OS. The summed E-state index contributed by atoms with van der Waals surface area (Å²) >= 11 is 7.74. The van der Waals surface area contributed by atoms with Gasteiger partial charge in [0.15, 0.2) is 0 Å². The molecule has 0 spiro atoms. The van der Waals surface area contributed by atoms with Crippen LogP contribution in [-0.2, 0) is 0 Å². The topological polar surface area (TPSA) is 63.6 Å². The minimum absolute atomic E-state index is 0.195. The fourth-order valence-corrected chi connectivity index (χ4v) is 3.45. The Morgan fingerprint density at radius 2 is 2.00 bits per heavy atom. The van der Waals surface area contributed by atoms with Crippen LogP contribution < -0.4 is 5.56 Å². The minimum Gasteiger partial charge on any atom is -0.290 e. The van der Waals surface area contributed by atoms with Crippen molar-refractivity contribution in [1.82, 2.24) is 19.7 Å². The molecule has 0 bridgehead atoms. The first-order chi connectivity index (χ1) is 11.7. The zero-order chi connectivity index (χ0) is 16.5. The third-order valence-corrected chi connectivity index (χ3v) is 4.96. The molecule has 0 fully saturated rings. The predicted molar refractivity (Wildman–Crippen MR) is 95.1 cm³/mol. The number of fused-ring (bicyclic) bond motifs is 1. The Balaban J connectivity index is 1.79. The van der Waals surface area contributed by atoms with Gasteiger partial charge in [-0.25, -0.2) is 9.67 Å². The van der Waals surface area contributed by atoms with E-state index in [4.69, 9.17) is 11.6 Å². The summed E-state index contributed by atoms with van der Waals surface area (Å²) in [6, 6.07) is 15.0. The molecule has 5 nitrogen and oxygen atoms in total. The van der Waals surface area contributed by atoms with Crippen molar-refractivity contribution in [2.24, 2.45) is 0 Å². The number of nitrogens with zero attached hydrogens (tertiary/aromatic N) is 3. The standard InChI is InChI=1S/C17H11ClN4OS/c18-13-4-1-2-5-15(13)24-11-6-7-12-14(10-11)20-17(21-16(12)23)22-9-3-8-19-22/h1-10H,(H,20,21,23). The molecule has 0 amide bonds. The SMILES string of the molecule is O=c1[nH]c(-n2cccn2)nc2cc(Sc3ccccc3Cl)ccc12. The highest BCUT2D eigenvalue weighted by Crippen LogP contribution is 2.33. The summed E-state index contributed by atoms with van der Waals surface area (Å²) in [4.78, 5) is 21.4. The van der Waals surface area contributed by atoms with Crippen molar-refractivity contribution in [1.29, 1.82) is 0 Å². The van der Waals surface area contributed by atoms with Crippen LogP contribution in [-0.4, -0.2) is 19.7 Å². The number of halogens is 1. The van der Waals surface area contributed by atoms with Gasteiger partial charge in [-0.05, 0) is 36.4 Å². The van der Waals surface area contributed by atoms with E-state index >= 15 is 0 Å². The molecule has 0 atom stereocenters. The van der Waals surface area contributed by atoms with E-state index in [1.54, 1.807) is 24.5 Å². The molecule has 4 rings (SSSR count). The Labute approximate surface area is 146 Å². The van der Waals surface area contributed by atoms with Crippen LogP contribution in [0, 0.1) is 0 Å². The normalized spacial score (nSPS) is 11.0. The molecule has 2 aromatic heterocycles. The third-order valence-electron chi connectivity index (χ3n) is 3.45. The molecule has 0 radical (unpaired) electrons. The average molecular weight is 355 g/mol. The molecule has 24 heavy (non-hydrogen) atoms. The summed E-state index contributed by atoms with van der Waals surface area (Å²) in [5, 5.41) is 5.33. The van der Waals surface area contributed by atoms with Crippen LogP contribution in [0.3, 0.4) is 0 Å². The lowest BCUT2D eigenvalue weighted by Gasteiger charge is -2.06. The van der Waals surface area contributed by atoms with Crippen LogP contribution >= 0.6 is 23.4 Å². The number of rotatable bonds is 3. The van der Waals surface area contributed by atoms with E-state index in [9.17, 15) is 4.79 Å². The van der Waals surface area contributed by atoms with E-state index in [1.807, 2.05) is 36.4 Å². The summed E-state index contributed by atoms with van der Waals surface area (Å²) in [5.41, 5.74) is 0.418. The molecule has 1 N–H and O–H groups in total. The molecule has 2 heterocycles. The van der Waals surface area contributed by atoms with Crippen LogP contribution in [0.2, 0.25) is 5.02 Å². The van der Waals surface area contributed by atoms with Crippen LogP contribution in [0.4, 0.5) is 0 Å². The second-order valence-electron chi connectivity index (χ2n) is 5.05. The molecule has 7 heteroatoms. The fourth-order valence-electron chi connectivity index (χ4n) is 2.33. The van der Waals surface area contributed by atoms with Gasteiger partial charge in [0.05, 0.1) is 15.9 Å². The third kappa shape index (κ3) is 2.81. The molecule has 118 valence electrons. The zero-order valence-corrected chi connectivity index (χ0v) is 13.9. The van der Waals surface area contributed by atoms with Gasteiger partial charge in [-0.1, -0.05) is 35.5 Å². The van der Waals surface area contributed by atoms with Gasteiger partial charge in [0.1, 0.15) is 0 Å². The van der Waals surface area contributed by atoms with Crippen molar-refractivity contribution in [3.8, 4) is 5.95 Å². The Morgan fingerprint density at radius 3 is 2.79 bits per heavy atom. The summed E-state index contributed by atoms with van der Waals surface area (Å²) in [7, 11) is 0. The van der Waals surface area contributed by atoms with E-state index in [0.29, 0.717) is 21.9 Å². The van der Waals surface area contributed by atoms with Crippen molar-refractivity contribution in [3.63, 3.8) is 0 Å². The molecular weight excluding hydrogens is 344 g/mol. The van der Waals surface area contributed by atoms with E-state index in [-0.39, 0.29) is 5.56 Å². The van der Waals surface area contributed by atoms with Crippen LogP contribution in [0.25, 0.3) is 16.9 Å². The second kappa shape index (κ2) is 6.14. The van der Waals surface area contributed by atoms with Crippen LogP contribution in [0.15, 0.2) is 75.5 Å². The predicted octanol–water partition coefficient (Wildman–Crippen LogP) is 3.91. The summed E-state index contributed by atoms with van der Waals surface area (Å²) in [6.07, 6.45) is 3.36. The van der Waals surface area contributed by atoms with E-state index in [1.165, 1.54) is 16.4 Å². The van der Waals surface area contributed by atoms with E-state index < -0.39 is 0 Å². The highest BCUT2D eigenvalue weighted by molar-refractivity contribution is 7.99. The van der Waals surface area contributed by atoms with Gasteiger partial charge in [0, 0.05) is 22.2 Å². The first kappa shape index (κ1) is 15.0. The zero-order valence-electron chi connectivity index (χ0n) is 12.3. The highest BCUT2D eigenvalue weighted by atomic mass is 35.5. The first-order valence-electron chi connectivity index (χ1n) is 7.17. The van der Waals surface area contributed by atoms with Crippen molar-refractivity contribution in [2.45, 2.75) is 9.79 Å². The molecule has 0 unspecified atom stereocenters. The van der Waals surface area contributed by atoms with E-state index in [2.05, 4.69) is 15.1 Å². The van der Waals surface area contributed by atoms with E-state index in [0.717, 1.165) is 9.79 Å². The summed E-state index contributed by atoms with van der Waals surface area (Å²) in [6.45, 7) is 0. The highest BCUT2D eigenvalue weighted by Gasteiger charge is 2.08. The molecule has 0 aliphatic rings. The quantitative estimate of drug-likeness (QED) is 0.605. The first-order valence-corrected chi connectivity index (χ1v) is 8.37. The summed E-state index contributed by atoms with van der Waals surface area (Å²) in [5.74, 6) is 0.386. The molecule has 0 saturated heterocycles. The van der Waals surface area contributed by atoms with Crippen molar-refractivity contribution < 1.29 is 0 Å². The Hall–Kier alpha value is -2.57. The number of aromatic nitrogens is 4. The van der Waals surface area contributed by atoms with Gasteiger partial charge in [-0.3, -0.25) is 9.78 Å². The maximum atomic E-state index is 12.3. The lowest BCUT2D eigenvalue weighted by molar-refractivity contribution is 0.810. The van der Waals surface area contributed by atoms with Gasteiger partial charge in [-0.2, -0.15) is 5.10 Å². The lowest BCUT2D eigenvalue weighted by atomic mass is 10.2. The molecule has 2 aromatic carbocycles. The molecule has 4 aromatic rings. The van der Waals surface area contributed by atoms with Crippen LogP contribution in [0.1, 0.15) is 0 Å². The summed E-state index contributed by atoms with van der Waals surface area (Å²) < 4.78 is 1.52. The van der Waals surface area contributed by atoms with Gasteiger partial charge in [0.2, 0.25) is 5.95 Å². The largest absolute Gasteiger partial charge is 0.290 e. The van der Waals surface area contributed by atoms with Crippen molar-refractivity contribution >= 4 is 34.3 Å². The Morgan fingerprint density at radius 1 is 1.12 bits per heavy atom. The number of aromatic amines is 1. The van der Waals surface area contributed by atoms with Crippen molar-refractivity contribution in [3.05, 3.63) is 76.3 Å². The smallest absolute Gasteiger partial charge is 0.260 e. The van der Waals surface area contributed by atoms with Crippen molar-refractivity contribution in [2.75, 3.05) is 0 Å². The lowest BCUT2D eigenvalue weighted by Crippen LogP contribution is -2.13. The maximum absolute atomic E-state index is 12.3. The Kier molecular flexibility index (Phi) is 3.84. The average Bonchev–Trinajstić information content (AvgIpc) is 3.11. The minimum atomic E-state index is -0.195. The molecule has 0 aliphatic heterocycles. The number of hydrogen-bond acceptors (Lipinski definition) is 4. The number of benzene rings is 2. The van der Waals surface area contributed by atoms with Gasteiger partial charge >= 0.3 is 0 Å². The van der Waals surface area contributed by atoms with Crippen LogP contribution in [0.5, 0.6) is 0 Å². The fraction of sp³-hybridized carbons (Fsp3) is 0. The van der Waals surface area contributed by atoms with Gasteiger partial charge in [-0.15, -0.1) is 0 Å². The molecule has 0 aliphatic carbocycles. The van der Waals surface area contributed by atoms with Gasteiger partial charge < -0.3 is 0 Å². The van der Waals surface area contributed by atoms with Gasteiger partial charge in [0.25, 0.3) is 5.56 Å².